The Kier molecular flexibility index (Phi) is 9.56. The van der Waals surface area contributed by atoms with Crippen LogP contribution in [-0.4, -0.2) is 34.7 Å². The second-order valence-corrected chi connectivity index (χ2v) is 8.31. The first-order chi connectivity index (χ1) is 16.1. The molecule has 3 heterocycles. The molecule has 0 unspecified atom stereocenters. The minimum absolute atomic E-state index is 0. The first-order valence-electron chi connectivity index (χ1n) is 10.2. The summed E-state index contributed by atoms with van der Waals surface area (Å²) in [7, 11) is 0. The van der Waals surface area contributed by atoms with Crippen molar-refractivity contribution in [3.8, 4) is 0 Å². The molecule has 3 aromatic heterocycles. The fourth-order valence-electron chi connectivity index (χ4n) is 3.23. The van der Waals surface area contributed by atoms with Crippen molar-refractivity contribution in [3.05, 3.63) is 110 Å². The number of benzene rings is 3. The fourth-order valence-corrected chi connectivity index (χ4v) is 3.98. The van der Waals surface area contributed by atoms with Gasteiger partial charge in [0.2, 0.25) is 0 Å². The topological polar surface area (TPSA) is 38.7 Å². The number of nitrogens with zero attached hydrogens (tertiary/aromatic N) is 3. The molecule has 7 heteroatoms. The zero-order valence-corrected chi connectivity index (χ0v) is 22.9. The summed E-state index contributed by atoms with van der Waals surface area (Å²) < 4.78 is 0. The number of fused-ring (bicyclic) bond motifs is 3. The molecule has 0 saturated heterocycles. The molecule has 162 valence electrons. The predicted molar refractivity (Wildman–Crippen MR) is 148 cm³/mol. The van der Waals surface area contributed by atoms with Gasteiger partial charge >= 0.3 is 19.8 Å². The summed E-state index contributed by atoms with van der Waals surface area (Å²) in [6.07, 6.45) is 5.29. The summed E-state index contributed by atoms with van der Waals surface area (Å²) in [6.45, 7) is 0. The molecule has 0 radical (unpaired) electrons. The largest absolute Gasteiger partial charge is 3.00 e. The van der Waals surface area contributed by atoms with Gasteiger partial charge in [-0.25, -0.2) is 0 Å². The minimum atomic E-state index is 0. The van der Waals surface area contributed by atoms with Gasteiger partial charge in [-0.1, -0.05) is 72.8 Å². The zero-order valence-electron chi connectivity index (χ0n) is 18.0. The molecule has 0 aliphatic heterocycles. The van der Waals surface area contributed by atoms with Crippen LogP contribution in [0.3, 0.4) is 0 Å². The summed E-state index contributed by atoms with van der Waals surface area (Å²) >= 11 is 15.3. The number of pyridine rings is 3. The van der Waals surface area contributed by atoms with Crippen LogP contribution in [0.2, 0.25) is 0 Å². The predicted octanol–water partition coefficient (Wildman–Crippen LogP) is 6.04. The van der Waals surface area contributed by atoms with E-state index in [0.717, 1.165) is 47.4 Å². The second kappa shape index (κ2) is 12.6. The Hall–Kier alpha value is -2.81. The minimum Gasteiger partial charge on any atom is -0.778 e. The Morgan fingerprint density at radius 2 is 0.647 bits per heavy atom. The fraction of sp³-hybridized carbons (Fsp3) is 0. The van der Waals surface area contributed by atoms with E-state index in [2.05, 4.69) is 15.0 Å². The molecule has 6 rings (SSSR count). The van der Waals surface area contributed by atoms with E-state index in [-0.39, 0.29) is 19.8 Å². The van der Waals surface area contributed by atoms with Gasteiger partial charge in [-0.3, -0.25) is 15.0 Å². The maximum Gasteiger partial charge on any atom is 3.00 e. The van der Waals surface area contributed by atoms with Crippen molar-refractivity contribution in [1.29, 1.82) is 0 Å². The summed E-state index contributed by atoms with van der Waals surface area (Å²) in [5, 5.41) is 3.33. The molecule has 0 aliphatic carbocycles. The number of aromatic nitrogens is 3. The van der Waals surface area contributed by atoms with Crippen LogP contribution in [0.1, 0.15) is 0 Å². The Balaban J connectivity index is 0.000000141. The van der Waals surface area contributed by atoms with E-state index in [0.29, 0.717) is 0 Å². The molecule has 34 heavy (non-hydrogen) atoms. The standard InChI is InChI=1S/3C9H7NS.Ga/c3*11-8-5-1-3-7-4-2-6-10-9(7)8;/h3*1-6,11H;/q;;;+3/p-3. The Morgan fingerprint density at radius 3 is 0.912 bits per heavy atom. The number of rotatable bonds is 0. The van der Waals surface area contributed by atoms with Crippen LogP contribution in [-0.2, 0) is 37.9 Å². The molecular formula is C27H18GaN3S3. The quantitative estimate of drug-likeness (QED) is 0.170. The van der Waals surface area contributed by atoms with Gasteiger partial charge in [0.05, 0.1) is 16.6 Å². The van der Waals surface area contributed by atoms with Gasteiger partial charge in [-0.15, -0.1) is 14.7 Å². The van der Waals surface area contributed by atoms with E-state index < -0.39 is 0 Å². The molecule has 3 aromatic carbocycles. The van der Waals surface area contributed by atoms with Gasteiger partial charge in [0.25, 0.3) is 0 Å². The van der Waals surface area contributed by atoms with Crippen LogP contribution in [0.4, 0.5) is 0 Å². The smallest absolute Gasteiger partial charge is 0.778 e. The van der Waals surface area contributed by atoms with Crippen molar-refractivity contribution in [1.82, 2.24) is 15.0 Å². The monoisotopic (exact) mass is 549 g/mol. The van der Waals surface area contributed by atoms with E-state index >= 15 is 0 Å². The molecule has 0 amide bonds. The molecule has 0 bridgehead atoms. The number of hydrogen-bond acceptors (Lipinski definition) is 6. The molecule has 6 aromatic rings. The van der Waals surface area contributed by atoms with Gasteiger partial charge in [0.15, 0.2) is 0 Å². The summed E-state index contributed by atoms with van der Waals surface area (Å²) in [4.78, 5) is 15.0. The van der Waals surface area contributed by atoms with E-state index in [4.69, 9.17) is 37.9 Å². The Bertz CT molecular complexity index is 1330. The zero-order chi connectivity index (χ0) is 23.0. The Labute approximate surface area is 228 Å². The van der Waals surface area contributed by atoms with Crippen molar-refractivity contribution in [2.75, 3.05) is 0 Å². The normalized spacial score (nSPS) is 9.88. The van der Waals surface area contributed by atoms with E-state index in [9.17, 15) is 0 Å². The first-order valence-corrected chi connectivity index (χ1v) is 11.4. The van der Waals surface area contributed by atoms with Crippen molar-refractivity contribution in [3.63, 3.8) is 0 Å². The molecule has 0 aliphatic rings. The summed E-state index contributed by atoms with van der Waals surface area (Å²) in [5.74, 6) is 0. The molecule has 0 atom stereocenters. The third-order valence-electron chi connectivity index (χ3n) is 4.79. The number of hydrogen-bond donors (Lipinski definition) is 0. The van der Waals surface area contributed by atoms with Gasteiger partial charge < -0.3 is 37.9 Å². The van der Waals surface area contributed by atoms with Crippen LogP contribution < -0.4 is 0 Å². The van der Waals surface area contributed by atoms with E-state index in [1.807, 2.05) is 91.0 Å². The maximum atomic E-state index is 5.09. The van der Waals surface area contributed by atoms with Crippen LogP contribution in [0.5, 0.6) is 0 Å². The SMILES string of the molecule is [Ga+3].[S-]c1cccc2cccnc12.[S-]c1cccc2cccnc12.[S-]c1cccc2cccnc12. The maximum absolute atomic E-state index is 5.09. The Morgan fingerprint density at radius 1 is 0.382 bits per heavy atom. The third-order valence-corrected chi connectivity index (χ3v) is 5.78. The second-order valence-electron chi connectivity index (χ2n) is 6.99. The van der Waals surface area contributed by atoms with Crippen LogP contribution in [0.15, 0.2) is 124 Å². The molecule has 0 spiro atoms. The van der Waals surface area contributed by atoms with Gasteiger partial charge in [0.1, 0.15) is 0 Å². The van der Waals surface area contributed by atoms with Crippen molar-refractivity contribution >= 4 is 90.4 Å². The van der Waals surface area contributed by atoms with Crippen molar-refractivity contribution in [2.45, 2.75) is 14.7 Å². The first kappa shape index (κ1) is 25.8. The van der Waals surface area contributed by atoms with Crippen LogP contribution in [0, 0.1) is 0 Å². The summed E-state index contributed by atoms with van der Waals surface area (Å²) in [6, 6.07) is 29.3. The van der Waals surface area contributed by atoms with Gasteiger partial charge in [0, 0.05) is 18.6 Å². The molecule has 0 N–H and O–H groups in total. The molecular weight excluding hydrogens is 532 g/mol. The average molecular weight is 550 g/mol. The number of para-hydroxylation sites is 3. The summed E-state index contributed by atoms with van der Waals surface area (Å²) in [5.41, 5.74) is 2.76. The van der Waals surface area contributed by atoms with Crippen molar-refractivity contribution in [2.24, 2.45) is 0 Å². The van der Waals surface area contributed by atoms with Crippen LogP contribution in [0.25, 0.3) is 32.7 Å². The third kappa shape index (κ3) is 6.40. The average Bonchev–Trinajstić information content (AvgIpc) is 2.86. The molecule has 0 fully saturated rings. The molecule has 0 saturated carbocycles. The molecule has 3 nitrogen and oxygen atoms in total. The van der Waals surface area contributed by atoms with Crippen molar-refractivity contribution < 1.29 is 0 Å². The van der Waals surface area contributed by atoms with E-state index in [1.54, 1.807) is 18.6 Å². The van der Waals surface area contributed by atoms with Crippen LogP contribution >= 0.6 is 0 Å². The van der Waals surface area contributed by atoms with E-state index in [1.165, 1.54) is 0 Å². The van der Waals surface area contributed by atoms with Gasteiger partial charge in [-0.2, -0.15) is 0 Å². The van der Waals surface area contributed by atoms with Gasteiger partial charge in [-0.05, 0) is 34.4 Å².